The smallest absolute Gasteiger partial charge is 0.313 e. The van der Waals surface area contributed by atoms with Crippen molar-refractivity contribution in [1.29, 1.82) is 0 Å². The Kier molecular flexibility index (Phi) is 6.34. The van der Waals surface area contributed by atoms with Gasteiger partial charge in [-0.1, -0.05) is 43.0 Å². The largest absolute Gasteiger partial charge is 0.322 e. The SMILES string of the molecule is C=C(CCNS(C)(=O)=O)NC(=O)N1CCc2ccccc2[C@@H]1c1ccc(F)cc1. The first-order chi connectivity index (χ1) is 13.7. The Hall–Kier alpha value is -2.71. The highest BCUT2D eigenvalue weighted by Crippen LogP contribution is 2.35. The summed E-state index contributed by atoms with van der Waals surface area (Å²) in [5.74, 6) is -0.333. The van der Waals surface area contributed by atoms with Crippen LogP contribution < -0.4 is 10.0 Å². The molecule has 0 aliphatic carbocycles. The highest BCUT2D eigenvalue weighted by atomic mass is 32.2. The third kappa shape index (κ3) is 5.42. The number of sulfonamides is 1. The second-order valence-electron chi connectivity index (χ2n) is 7.05. The number of amides is 2. The van der Waals surface area contributed by atoms with Gasteiger partial charge in [-0.15, -0.1) is 0 Å². The Balaban J connectivity index is 1.78. The van der Waals surface area contributed by atoms with E-state index in [4.69, 9.17) is 0 Å². The quantitative estimate of drug-likeness (QED) is 0.759. The van der Waals surface area contributed by atoms with Gasteiger partial charge in [-0.3, -0.25) is 0 Å². The molecule has 0 radical (unpaired) electrons. The molecule has 3 rings (SSSR count). The number of carbonyl (C=O) groups is 1. The molecule has 0 bridgehead atoms. The van der Waals surface area contributed by atoms with Crippen LogP contribution >= 0.6 is 0 Å². The third-order valence-electron chi connectivity index (χ3n) is 4.80. The maximum Gasteiger partial charge on any atom is 0.322 e. The summed E-state index contributed by atoms with van der Waals surface area (Å²) in [5, 5.41) is 2.76. The highest BCUT2D eigenvalue weighted by molar-refractivity contribution is 7.88. The summed E-state index contributed by atoms with van der Waals surface area (Å²) in [7, 11) is -3.30. The van der Waals surface area contributed by atoms with Crippen LogP contribution in [0.2, 0.25) is 0 Å². The molecule has 0 saturated carbocycles. The number of halogens is 1. The average molecular weight is 418 g/mol. The number of carbonyl (C=O) groups excluding carboxylic acids is 1. The third-order valence-corrected chi connectivity index (χ3v) is 5.53. The Morgan fingerprint density at radius 3 is 2.59 bits per heavy atom. The van der Waals surface area contributed by atoms with E-state index in [9.17, 15) is 17.6 Å². The second-order valence-corrected chi connectivity index (χ2v) is 8.88. The first-order valence-corrected chi connectivity index (χ1v) is 11.2. The molecule has 154 valence electrons. The van der Waals surface area contributed by atoms with Crippen molar-refractivity contribution < 1.29 is 17.6 Å². The summed E-state index contributed by atoms with van der Waals surface area (Å²) in [5.41, 5.74) is 3.40. The number of benzene rings is 2. The predicted molar refractivity (Wildman–Crippen MR) is 110 cm³/mol. The van der Waals surface area contributed by atoms with E-state index in [2.05, 4.69) is 16.6 Å². The molecular weight excluding hydrogens is 393 g/mol. The first-order valence-electron chi connectivity index (χ1n) is 9.28. The molecule has 2 amide bonds. The highest BCUT2D eigenvalue weighted by Gasteiger charge is 2.32. The minimum Gasteiger partial charge on any atom is -0.313 e. The van der Waals surface area contributed by atoms with E-state index in [1.54, 1.807) is 17.0 Å². The lowest BCUT2D eigenvalue weighted by atomic mass is 9.88. The van der Waals surface area contributed by atoms with Crippen LogP contribution in [0, 0.1) is 5.82 Å². The summed E-state index contributed by atoms with van der Waals surface area (Å²) < 4.78 is 38.1. The van der Waals surface area contributed by atoms with Crippen LogP contribution in [0.4, 0.5) is 9.18 Å². The number of nitrogens with zero attached hydrogens (tertiary/aromatic N) is 1. The number of urea groups is 1. The normalized spacial score (nSPS) is 16.2. The lowest BCUT2D eigenvalue weighted by Gasteiger charge is -2.37. The van der Waals surface area contributed by atoms with Crippen LogP contribution in [-0.4, -0.2) is 38.7 Å². The summed E-state index contributed by atoms with van der Waals surface area (Å²) in [6, 6.07) is 13.4. The maximum atomic E-state index is 13.4. The molecule has 1 aliphatic rings. The Morgan fingerprint density at radius 2 is 1.90 bits per heavy atom. The minimum atomic E-state index is -3.30. The first kappa shape index (κ1) is 21.0. The lowest BCUT2D eigenvalue weighted by Crippen LogP contribution is -2.45. The van der Waals surface area contributed by atoms with Crippen molar-refractivity contribution in [2.24, 2.45) is 0 Å². The fraction of sp³-hybridized carbons (Fsp3) is 0.286. The van der Waals surface area contributed by atoms with E-state index in [-0.39, 0.29) is 30.9 Å². The minimum absolute atomic E-state index is 0.155. The van der Waals surface area contributed by atoms with Crippen LogP contribution in [0.5, 0.6) is 0 Å². The molecule has 0 unspecified atom stereocenters. The van der Waals surface area contributed by atoms with Crippen molar-refractivity contribution in [2.75, 3.05) is 19.3 Å². The molecule has 1 heterocycles. The Labute approximate surface area is 170 Å². The van der Waals surface area contributed by atoms with Crippen molar-refractivity contribution in [3.63, 3.8) is 0 Å². The van der Waals surface area contributed by atoms with Crippen LogP contribution in [-0.2, 0) is 16.4 Å². The van der Waals surface area contributed by atoms with Crippen molar-refractivity contribution in [3.8, 4) is 0 Å². The lowest BCUT2D eigenvalue weighted by molar-refractivity contribution is 0.182. The van der Waals surface area contributed by atoms with E-state index < -0.39 is 10.0 Å². The standard InChI is InChI=1S/C21H24FN3O3S/c1-15(11-13-23-29(2,27)28)24-21(26)25-14-12-16-5-3-4-6-19(16)20(25)17-7-9-18(22)10-8-17/h3-10,20,23H,1,11-14H2,2H3,(H,24,26)/t20-/m0/s1. The molecule has 0 saturated heterocycles. The van der Waals surface area contributed by atoms with E-state index in [0.717, 1.165) is 22.9 Å². The van der Waals surface area contributed by atoms with E-state index >= 15 is 0 Å². The molecule has 0 spiro atoms. The number of nitrogens with one attached hydrogen (secondary N) is 2. The molecule has 1 atom stereocenters. The number of hydrogen-bond acceptors (Lipinski definition) is 3. The van der Waals surface area contributed by atoms with Gasteiger partial charge in [0.1, 0.15) is 5.82 Å². The maximum absolute atomic E-state index is 13.4. The van der Waals surface area contributed by atoms with Gasteiger partial charge in [0.25, 0.3) is 0 Å². The fourth-order valence-electron chi connectivity index (χ4n) is 3.46. The number of hydrogen-bond donors (Lipinski definition) is 2. The predicted octanol–water partition coefficient (Wildman–Crippen LogP) is 2.94. The Morgan fingerprint density at radius 1 is 1.21 bits per heavy atom. The molecule has 2 N–H and O–H groups in total. The molecule has 8 heteroatoms. The molecule has 2 aromatic carbocycles. The zero-order valence-electron chi connectivity index (χ0n) is 16.2. The molecule has 29 heavy (non-hydrogen) atoms. The molecule has 0 fully saturated rings. The molecule has 1 aliphatic heterocycles. The van der Waals surface area contributed by atoms with Gasteiger partial charge in [-0.2, -0.15) is 0 Å². The van der Waals surface area contributed by atoms with Gasteiger partial charge in [-0.25, -0.2) is 22.3 Å². The van der Waals surface area contributed by atoms with Gasteiger partial charge in [0.2, 0.25) is 10.0 Å². The van der Waals surface area contributed by atoms with Crippen molar-refractivity contribution in [3.05, 3.63) is 83.3 Å². The summed E-state index contributed by atoms with van der Waals surface area (Å²) in [6.07, 6.45) is 2.07. The van der Waals surface area contributed by atoms with Gasteiger partial charge < -0.3 is 10.2 Å². The average Bonchev–Trinajstić information content (AvgIpc) is 2.66. The zero-order chi connectivity index (χ0) is 21.0. The molecule has 6 nitrogen and oxygen atoms in total. The number of rotatable bonds is 6. The molecule has 2 aromatic rings. The molecular formula is C21H24FN3O3S. The summed E-state index contributed by atoms with van der Waals surface area (Å²) in [4.78, 5) is 14.7. The van der Waals surface area contributed by atoms with Gasteiger partial charge >= 0.3 is 6.03 Å². The van der Waals surface area contributed by atoms with Crippen LogP contribution in [0.15, 0.2) is 60.8 Å². The van der Waals surface area contributed by atoms with Crippen LogP contribution in [0.3, 0.4) is 0 Å². The van der Waals surface area contributed by atoms with Gasteiger partial charge in [0.05, 0.1) is 12.3 Å². The monoisotopic (exact) mass is 417 g/mol. The van der Waals surface area contributed by atoms with Crippen molar-refractivity contribution >= 4 is 16.1 Å². The van der Waals surface area contributed by atoms with Crippen molar-refractivity contribution in [2.45, 2.75) is 18.9 Å². The van der Waals surface area contributed by atoms with Crippen LogP contribution in [0.25, 0.3) is 0 Å². The van der Waals surface area contributed by atoms with Gasteiger partial charge in [0, 0.05) is 25.2 Å². The Bertz CT molecular complexity index is 1010. The second kappa shape index (κ2) is 8.75. The van der Waals surface area contributed by atoms with Crippen molar-refractivity contribution in [1.82, 2.24) is 14.9 Å². The summed E-state index contributed by atoms with van der Waals surface area (Å²) in [6.45, 7) is 4.47. The van der Waals surface area contributed by atoms with E-state index in [1.807, 2.05) is 24.3 Å². The zero-order valence-corrected chi connectivity index (χ0v) is 17.0. The van der Waals surface area contributed by atoms with Gasteiger partial charge in [0.15, 0.2) is 0 Å². The summed E-state index contributed by atoms with van der Waals surface area (Å²) >= 11 is 0. The molecule has 0 aromatic heterocycles. The van der Waals surface area contributed by atoms with E-state index in [0.29, 0.717) is 18.7 Å². The fourth-order valence-corrected chi connectivity index (χ4v) is 3.94. The topological polar surface area (TPSA) is 78.5 Å². The van der Waals surface area contributed by atoms with Crippen LogP contribution in [0.1, 0.15) is 29.2 Å². The van der Waals surface area contributed by atoms with E-state index in [1.165, 1.54) is 12.1 Å². The number of fused-ring (bicyclic) bond motifs is 1. The van der Waals surface area contributed by atoms with Gasteiger partial charge in [-0.05, 0) is 35.2 Å².